The molecule has 8 heteroatoms. The summed E-state index contributed by atoms with van der Waals surface area (Å²) in [6.45, 7) is 0.954. The van der Waals surface area contributed by atoms with Crippen LogP contribution in [-0.4, -0.2) is 33.3 Å². The molecule has 31 heavy (non-hydrogen) atoms. The van der Waals surface area contributed by atoms with Gasteiger partial charge in [0.05, 0.1) is 12.2 Å². The Balaban J connectivity index is 1.49. The number of carbonyl (C=O) groups excluding carboxylic acids is 1. The van der Waals surface area contributed by atoms with Crippen LogP contribution in [0, 0.1) is 0 Å². The highest BCUT2D eigenvalue weighted by Crippen LogP contribution is 2.44. The molecule has 0 radical (unpaired) electrons. The summed E-state index contributed by atoms with van der Waals surface area (Å²) in [5, 5.41) is 7.14. The van der Waals surface area contributed by atoms with Crippen molar-refractivity contribution in [1.82, 2.24) is 14.7 Å². The summed E-state index contributed by atoms with van der Waals surface area (Å²) in [5.41, 5.74) is 3.18. The molecule has 3 aromatic rings. The highest BCUT2D eigenvalue weighted by Gasteiger charge is 2.47. The van der Waals surface area contributed by atoms with Gasteiger partial charge in [-0.25, -0.2) is 4.68 Å². The van der Waals surface area contributed by atoms with Gasteiger partial charge in [0.2, 0.25) is 0 Å². The summed E-state index contributed by atoms with van der Waals surface area (Å²) < 4.78 is 42.5. The van der Waals surface area contributed by atoms with E-state index in [9.17, 15) is 18.0 Å². The monoisotopic (exact) mass is 426 g/mol. The number of fused-ring (bicyclic) bond motifs is 2. The average molecular weight is 426 g/mol. The zero-order chi connectivity index (χ0) is 21.6. The fourth-order valence-electron chi connectivity index (χ4n) is 4.46. The first-order chi connectivity index (χ1) is 14.9. The highest BCUT2D eigenvalue weighted by atomic mass is 19.4. The van der Waals surface area contributed by atoms with Crippen molar-refractivity contribution < 1.29 is 18.0 Å². The molecular weight excluding hydrogens is 405 g/mol. The lowest BCUT2D eigenvalue weighted by Gasteiger charge is -2.34. The molecule has 2 atom stereocenters. The SMILES string of the molecule is O=C(c1cnn2c1N[C@@H](c1ccccc1)C[C@@H]2C(F)(F)F)N1CCc2ccccc2C1. The summed E-state index contributed by atoms with van der Waals surface area (Å²) >= 11 is 0. The fraction of sp³-hybridized carbons (Fsp3) is 0.304. The van der Waals surface area contributed by atoms with Crippen LogP contribution in [0.15, 0.2) is 60.8 Å². The molecule has 0 spiro atoms. The van der Waals surface area contributed by atoms with Crippen LogP contribution in [0.25, 0.3) is 0 Å². The van der Waals surface area contributed by atoms with Crippen LogP contribution < -0.4 is 5.32 Å². The van der Waals surface area contributed by atoms with Crippen molar-refractivity contribution in [2.24, 2.45) is 0 Å². The molecule has 0 saturated heterocycles. The number of aromatic nitrogens is 2. The number of hydrogen-bond donors (Lipinski definition) is 1. The first kappa shape index (κ1) is 19.7. The minimum absolute atomic E-state index is 0.131. The van der Waals surface area contributed by atoms with Gasteiger partial charge >= 0.3 is 6.18 Å². The Bertz CT molecular complexity index is 1110. The number of hydrogen-bond acceptors (Lipinski definition) is 3. The number of nitrogens with one attached hydrogen (secondary N) is 1. The first-order valence-corrected chi connectivity index (χ1v) is 10.2. The van der Waals surface area contributed by atoms with E-state index >= 15 is 0 Å². The van der Waals surface area contributed by atoms with E-state index in [1.807, 2.05) is 30.3 Å². The van der Waals surface area contributed by atoms with Gasteiger partial charge in [-0.1, -0.05) is 54.6 Å². The summed E-state index contributed by atoms with van der Waals surface area (Å²) in [5.74, 6) is -0.177. The second kappa shape index (κ2) is 7.44. The van der Waals surface area contributed by atoms with Crippen LogP contribution in [0.3, 0.4) is 0 Å². The second-order valence-electron chi connectivity index (χ2n) is 8.00. The zero-order valence-corrected chi connectivity index (χ0v) is 16.6. The number of halogens is 3. The molecular formula is C23H21F3N4O. The van der Waals surface area contributed by atoms with Crippen LogP contribution in [0.1, 0.15) is 45.6 Å². The molecule has 0 saturated carbocycles. The van der Waals surface area contributed by atoms with E-state index in [4.69, 9.17) is 0 Å². The predicted octanol–water partition coefficient (Wildman–Crippen LogP) is 4.74. The third-order valence-electron chi connectivity index (χ3n) is 6.09. The normalized spacial score (nSPS) is 20.5. The van der Waals surface area contributed by atoms with Crippen LogP contribution in [-0.2, 0) is 13.0 Å². The number of rotatable bonds is 2. The molecule has 3 heterocycles. The summed E-state index contributed by atoms with van der Waals surface area (Å²) in [7, 11) is 0. The van der Waals surface area contributed by atoms with Gasteiger partial charge < -0.3 is 10.2 Å². The second-order valence-corrected chi connectivity index (χ2v) is 8.00. The highest BCUT2D eigenvalue weighted by molar-refractivity contribution is 5.99. The van der Waals surface area contributed by atoms with E-state index < -0.39 is 18.3 Å². The smallest absolute Gasteiger partial charge is 0.363 e. The van der Waals surface area contributed by atoms with Gasteiger partial charge in [0.1, 0.15) is 11.4 Å². The van der Waals surface area contributed by atoms with E-state index in [2.05, 4.69) is 10.4 Å². The number of benzene rings is 2. The average Bonchev–Trinajstić information content (AvgIpc) is 3.21. The van der Waals surface area contributed by atoms with Crippen molar-refractivity contribution in [3.8, 4) is 0 Å². The third-order valence-corrected chi connectivity index (χ3v) is 6.09. The Hall–Kier alpha value is -3.29. The lowest BCUT2D eigenvalue weighted by molar-refractivity contribution is -0.173. The van der Waals surface area contributed by atoms with Gasteiger partial charge in [0.25, 0.3) is 5.91 Å². The predicted molar refractivity (Wildman–Crippen MR) is 110 cm³/mol. The quantitative estimate of drug-likeness (QED) is 0.644. The zero-order valence-electron chi connectivity index (χ0n) is 16.6. The van der Waals surface area contributed by atoms with Crippen molar-refractivity contribution in [1.29, 1.82) is 0 Å². The molecule has 0 fully saturated rings. The Morgan fingerprint density at radius 1 is 1.03 bits per heavy atom. The molecule has 0 bridgehead atoms. The van der Waals surface area contributed by atoms with Gasteiger partial charge in [0.15, 0.2) is 6.04 Å². The maximum atomic E-state index is 13.9. The standard InChI is InChI=1S/C23H21F3N4O/c24-23(25,26)20-12-19(16-7-2-1-3-8-16)28-21-18(13-27-30(20)21)22(31)29-11-10-15-6-4-5-9-17(15)14-29/h1-9,13,19-20,28H,10-12,14H2/t19-,20-/m1/s1. The molecule has 0 unspecified atom stereocenters. The van der Waals surface area contributed by atoms with E-state index in [0.717, 1.165) is 22.2 Å². The Kier molecular flexibility index (Phi) is 4.72. The van der Waals surface area contributed by atoms with Gasteiger partial charge in [-0.15, -0.1) is 0 Å². The number of nitrogens with zero attached hydrogens (tertiary/aromatic N) is 3. The third kappa shape index (κ3) is 3.56. The van der Waals surface area contributed by atoms with Gasteiger partial charge in [-0.05, 0) is 23.1 Å². The summed E-state index contributed by atoms with van der Waals surface area (Å²) in [6, 6.07) is 14.5. The number of alkyl halides is 3. The van der Waals surface area contributed by atoms with Crippen LogP contribution in [0.5, 0.6) is 0 Å². The lowest BCUT2D eigenvalue weighted by atomic mass is 9.96. The first-order valence-electron chi connectivity index (χ1n) is 10.2. The molecule has 2 aliphatic heterocycles. The molecule has 0 aliphatic carbocycles. The summed E-state index contributed by atoms with van der Waals surface area (Å²) in [6.07, 6.45) is -2.68. The van der Waals surface area contributed by atoms with Gasteiger partial charge in [0, 0.05) is 19.5 Å². The number of amides is 1. The molecule has 2 aromatic carbocycles. The minimum Gasteiger partial charge on any atom is -0.363 e. The van der Waals surface area contributed by atoms with Crippen molar-refractivity contribution in [3.05, 3.63) is 83.0 Å². The molecule has 1 N–H and O–H groups in total. The largest absolute Gasteiger partial charge is 0.410 e. The van der Waals surface area contributed by atoms with Gasteiger partial charge in [-0.2, -0.15) is 18.3 Å². The minimum atomic E-state index is -4.47. The number of carbonyl (C=O) groups is 1. The van der Waals surface area contributed by atoms with Crippen LogP contribution >= 0.6 is 0 Å². The molecule has 5 nitrogen and oxygen atoms in total. The van der Waals surface area contributed by atoms with E-state index in [1.165, 1.54) is 11.8 Å². The molecule has 2 aliphatic rings. The molecule has 160 valence electrons. The van der Waals surface area contributed by atoms with E-state index in [-0.39, 0.29) is 23.7 Å². The van der Waals surface area contributed by atoms with Crippen LogP contribution in [0.2, 0.25) is 0 Å². The Morgan fingerprint density at radius 3 is 2.48 bits per heavy atom. The van der Waals surface area contributed by atoms with E-state index in [1.54, 1.807) is 29.2 Å². The lowest BCUT2D eigenvalue weighted by Crippen LogP contribution is -2.38. The van der Waals surface area contributed by atoms with Crippen molar-refractivity contribution in [3.63, 3.8) is 0 Å². The maximum Gasteiger partial charge on any atom is 0.410 e. The van der Waals surface area contributed by atoms with Crippen LogP contribution in [0.4, 0.5) is 19.0 Å². The Labute approximate surface area is 177 Å². The fourth-order valence-corrected chi connectivity index (χ4v) is 4.46. The van der Waals surface area contributed by atoms with E-state index in [0.29, 0.717) is 13.1 Å². The topological polar surface area (TPSA) is 50.2 Å². The van der Waals surface area contributed by atoms with Crippen molar-refractivity contribution in [2.75, 3.05) is 11.9 Å². The van der Waals surface area contributed by atoms with Crippen molar-refractivity contribution >= 4 is 11.7 Å². The molecule has 1 aromatic heterocycles. The van der Waals surface area contributed by atoms with Gasteiger partial charge in [-0.3, -0.25) is 4.79 Å². The Morgan fingerprint density at radius 2 is 1.74 bits per heavy atom. The molecule has 5 rings (SSSR count). The summed E-state index contributed by atoms with van der Waals surface area (Å²) in [4.78, 5) is 15.0. The molecule has 1 amide bonds. The van der Waals surface area contributed by atoms with Crippen molar-refractivity contribution in [2.45, 2.75) is 37.6 Å². The number of anilines is 1. The maximum absolute atomic E-state index is 13.9.